The van der Waals surface area contributed by atoms with Gasteiger partial charge in [0.2, 0.25) is 5.91 Å². The Bertz CT molecular complexity index is 1550. The van der Waals surface area contributed by atoms with E-state index in [0.717, 1.165) is 0 Å². The number of nitrogens with one attached hydrogen (secondary N) is 2. The number of benzene rings is 3. The fourth-order valence-electron chi connectivity index (χ4n) is 3.89. The van der Waals surface area contributed by atoms with Gasteiger partial charge in [-0.15, -0.1) is 0 Å². The van der Waals surface area contributed by atoms with E-state index in [4.69, 9.17) is 19.9 Å². The fraction of sp³-hybridized carbons (Fsp3) is 0.364. The number of anilines is 2. The number of nitrogens with zero attached hydrogens (tertiary/aromatic N) is 1. The van der Waals surface area contributed by atoms with E-state index in [9.17, 15) is 24.5 Å². The highest BCUT2D eigenvalue weighted by atomic mass is 16.6. The minimum Gasteiger partial charge on any atom is -0.491 e. The molecule has 0 aliphatic rings. The van der Waals surface area contributed by atoms with Crippen LogP contribution in [0.15, 0.2) is 54.6 Å². The highest BCUT2D eigenvalue weighted by Crippen LogP contribution is 2.32. The van der Waals surface area contributed by atoms with Crippen molar-refractivity contribution in [3.05, 3.63) is 81.4 Å². The second-order valence-electron chi connectivity index (χ2n) is 11.4. The normalized spacial score (nSPS) is 11.6. The number of nitro groups is 1. The smallest absolute Gasteiger partial charge is 0.310 e. The summed E-state index contributed by atoms with van der Waals surface area (Å²) in [6, 6.07) is 13.0. The molecule has 0 bridgehead atoms. The second-order valence-corrected chi connectivity index (χ2v) is 11.4. The summed E-state index contributed by atoms with van der Waals surface area (Å²) in [5.74, 6) is -0.801. The maximum atomic E-state index is 13.3. The first-order chi connectivity index (χ1) is 21.3. The summed E-state index contributed by atoms with van der Waals surface area (Å²) in [6.45, 7) is 12.1. The lowest BCUT2D eigenvalue weighted by molar-refractivity contribution is -0.385. The van der Waals surface area contributed by atoms with Gasteiger partial charge in [-0.25, -0.2) is 0 Å². The third-order valence-corrected chi connectivity index (χ3v) is 6.47. The zero-order chi connectivity index (χ0) is 33.3. The Morgan fingerprint density at radius 3 is 1.73 bits per heavy atom. The molecule has 3 aromatic rings. The van der Waals surface area contributed by atoms with Gasteiger partial charge in [-0.2, -0.15) is 0 Å². The number of ether oxygens (including phenoxy) is 3. The standard InChI is InChI=1S/C33H40N4O8/c1-7-21(6)45-29-15-23(32(39)35-25-11-8-22(31(34)38)14-28(25)43-17-19(2)3)9-12-26(29)36-33(40)24-10-13-27(37(41)42)30(16-24)44-18-20(4)5/h8-16,19-21H,7,17-18H2,1-6H3,(H2,34,38)(H,35,39)(H,36,40). The molecule has 0 saturated heterocycles. The molecule has 12 heteroatoms. The van der Waals surface area contributed by atoms with Crippen molar-refractivity contribution < 1.29 is 33.5 Å². The number of hydrogen-bond acceptors (Lipinski definition) is 8. The molecule has 0 spiro atoms. The lowest BCUT2D eigenvalue weighted by atomic mass is 10.1. The molecule has 4 N–H and O–H groups in total. The summed E-state index contributed by atoms with van der Waals surface area (Å²) < 4.78 is 17.5. The number of rotatable bonds is 15. The maximum absolute atomic E-state index is 13.3. The molecule has 1 unspecified atom stereocenters. The number of carbonyl (C=O) groups excluding carboxylic acids is 3. The molecule has 0 aliphatic carbocycles. The van der Waals surface area contributed by atoms with Crippen molar-refractivity contribution >= 4 is 34.8 Å². The van der Waals surface area contributed by atoms with E-state index in [2.05, 4.69) is 10.6 Å². The summed E-state index contributed by atoms with van der Waals surface area (Å²) in [4.78, 5) is 49.2. The van der Waals surface area contributed by atoms with Gasteiger partial charge in [0.15, 0.2) is 5.75 Å². The lowest BCUT2D eigenvalue weighted by Gasteiger charge is -2.18. The van der Waals surface area contributed by atoms with E-state index < -0.39 is 22.6 Å². The Morgan fingerprint density at radius 2 is 1.22 bits per heavy atom. The quantitative estimate of drug-likeness (QED) is 0.128. The summed E-state index contributed by atoms with van der Waals surface area (Å²) in [5, 5.41) is 17.1. The van der Waals surface area contributed by atoms with Crippen molar-refractivity contribution in [1.29, 1.82) is 0 Å². The molecule has 0 fully saturated rings. The van der Waals surface area contributed by atoms with Crippen LogP contribution in [0.3, 0.4) is 0 Å². The number of nitro benzene ring substituents is 1. The lowest BCUT2D eigenvalue weighted by Crippen LogP contribution is -2.18. The number of carbonyl (C=O) groups is 3. The van der Waals surface area contributed by atoms with Crippen LogP contribution < -0.4 is 30.6 Å². The summed E-state index contributed by atoms with van der Waals surface area (Å²) in [7, 11) is 0. The Hall–Kier alpha value is -5.13. The predicted octanol–water partition coefficient (Wildman–Crippen LogP) is 6.45. The predicted molar refractivity (Wildman–Crippen MR) is 171 cm³/mol. The van der Waals surface area contributed by atoms with Crippen molar-refractivity contribution in [3.8, 4) is 17.2 Å². The molecule has 0 aromatic heterocycles. The molecule has 240 valence electrons. The molecular weight excluding hydrogens is 580 g/mol. The van der Waals surface area contributed by atoms with Crippen LogP contribution in [0.1, 0.15) is 79.0 Å². The molecule has 3 aromatic carbocycles. The summed E-state index contributed by atoms with van der Waals surface area (Å²) in [5.41, 5.74) is 6.44. The van der Waals surface area contributed by atoms with E-state index in [1.807, 2.05) is 41.5 Å². The molecule has 0 saturated carbocycles. The van der Waals surface area contributed by atoms with Crippen LogP contribution >= 0.6 is 0 Å². The van der Waals surface area contributed by atoms with Gasteiger partial charge in [-0.3, -0.25) is 24.5 Å². The van der Waals surface area contributed by atoms with Gasteiger partial charge in [0.25, 0.3) is 11.8 Å². The third-order valence-electron chi connectivity index (χ3n) is 6.47. The zero-order valence-electron chi connectivity index (χ0n) is 26.3. The molecule has 0 aliphatic heterocycles. The minimum absolute atomic E-state index is 0.00921. The van der Waals surface area contributed by atoms with Crippen molar-refractivity contribution in [2.45, 2.75) is 54.1 Å². The van der Waals surface area contributed by atoms with E-state index in [1.165, 1.54) is 42.5 Å². The van der Waals surface area contributed by atoms with Crippen LogP contribution in [0, 0.1) is 22.0 Å². The molecule has 0 heterocycles. The number of primary amides is 1. The first kappa shape index (κ1) is 34.4. The van der Waals surface area contributed by atoms with Gasteiger partial charge in [-0.1, -0.05) is 34.6 Å². The van der Waals surface area contributed by atoms with E-state index in [0.29, 0.717) is 30.2 Å². The van der Waals surface area contributed by atoms with Gasteiger partial charge in [-0.05, 0) is 67.6 Å². The van der Waals surface area contributed by atoms with Gasteiger partial charge in [0.1, 0.15) is 11.5 Å². The summed E-state index contributed by atoms with van der Waals surface area (Å²) in [6.07, 6.45) is 0.414. The van der Waals surface area contributed by atoms with Crippen LogP contribution in [-0.2, 0) is 0 Å². The van der Waals surface area contributed by atoms with Gasteiger partial charge in [0, 0.05) is 28.8 Å². The highest BCUT2D eigenvalue weighted by molar-refractivity contribution is 6.08. The molecular formula is C33H40N4O8. The Morgan fingerprint density at radius 1 is 0.756 bits per heavy atom. The highest BCUT2D eigenvalue weighted by Gasteiger charge is 2.21. The molecule has 12 nitrogen and oxygen atoms in total. The van der Waals surface area contributed by atoms with Crippen LogP contribution in [0.5, 0.6) is 17.2 Å². The zero-order valence-corrected chi connectivity index (χ0v) is 26.3. The Balaban J connectivity index is 1.90. The Kier molecular flexibility index (Phi) is 11.9. The van der Waals surface area contributed by atoms with E-state index >= 15 is 0 Å². The monoisotopic (exact) mass is 620 g/mol. The van der Waals surface area contributed by atoms with Crippen LogP contribution in [0.25, 0.3) is 0 Å². The summed E-state index contributed by atoms with van der Waals surface area (Å²) >= 11 is 0. The van der Waals surface area contributed by atoms with Gasteiger partial charge in [0.05, 0.1) is 35.6 Å². The fourth-order valence-corrected chi connectivity index (χ4v) is 3.89. The van der Waals surface area contributed by atoms with Crippen molar-refractivity contribution in [2.75, 3.05) is 23.8 Å². The van der Waals surface area contributed by atoms with Crippen LogP contribution in [0.4, 0.5) is 17.1 Å². The van der Waals surface area contributed by atoms with Crippen LogP contribution in [-0.4, -0.2) is 42.0 Å². The first-order valence-corrected chi connectivity index (χ1v) is 14.7. The average molecular weight is 621 g/mol. The first-order valence-electron chi connectivity index (χ1n) is 14.7. The van der Waals surface area contributed by atoms with E-state index in [1.54, 1.807) is 12.1 Å². The van der Waals surface area contributed by atoms with E-state index in [-0.39, 0.29) is 58.4 Å². The molecule has 3 rings (SSSR count). The van der Waals surface area contributed by atoms with Gasteiger partial charge >= 0.3 is 5.69 Å². The average Bonchev–Trinajstić information content (AvgIpc) is 2.99. The van der Waals surface area contributed by atoms with Gasteiger partial charge < -0.3 is 30.6 Å². The van der Waals surface area contributed by atoms with Crippen molar-refractivity contribution in [2.24, 2.45) is 17.6 Å². The number of nitrogens with two attached hydrogens (primary N) is 1. The number of amides is 3. The number of hydrogen-bond donors (Lipinski definition) is 3. The third kappa shape index (κ3) is 9.68. The SMILES string of the molecule is CCC(C)Oc1cc(C(=O)Nc2ccc(C(N)=O)cc2OCC(C)C)ccc1NC(=O)c1ccc([N+](=O)[O-])c(OCC(C)C)c1. The topological polar surface area (TPSA) is 172 Å². The molecule has 3 amide bonds. The molecule has 0 radical (unpaired) electrons. The second kappa shape index (κ2) is 15.6. The maximum Gasteiger partial charge on any atom is 0.310 e. The molecule has 45 heavy (non-hydrogen) atoms. The van der Waals surface area contributed by atoms with Crippen molar-refractivity contribution in [1.82, 2.24) is 0 Å². The van der Waals surface area contributed by atoms with Crippen molar-refractivity contribution in [3.63, 3.8) is 0 Å². The molecule has 1 atom stereocenters. The minimum atomic E-state index is -0.625. The Labute approximate surface area is 262 Å². The largest absolute Gasteiger partial charge is 0.491 e. The van der Waals surface area contributed by atoms with Crippen LogP contribution in [0.2, 0.25) is 0 Å².